The van der Waals surface area contributed by atoms with E-state index in [1.54, 1.807) is 14.2 Å². The SMILES string of the molecule is COc1ccc(NC(=S)N[C@H]2CCCc3cc(OC)ccc32)cc1. The fourth-order valence-electron chi connectivity index (χ4n) is 3.07. The van der Waals surface area contributed by atoms with E-state index in [9.17, 15) is 0 Å². The van der Waals surface area contributed by atoms with Crippen LogP contribution in [0.25, 0.3) is 0 Å². The van der Waals surface area contributed by atoms with Gasteiger partial charge < -0.3 is 20.1 Å². The van der Waals surface area contributed by atoms with Crippen molar-refractivity contribution in [2.75, 3.05) is 19.5 Å². The van der Waals surface area contributed by atoms with E-state index in [-0.39, 0.29) is 6.04 Å². The molecule has 0 bridgehead atoms. The molecule has 4 nitrogen and oxygen atoms in total. The maximum Gasteiger partial charge on any atom is 0.171 e. The predicted octanol–water partition coefficient (Wildman–Crippen LogP) is 4.07. The van der Waals surface area contributed by atoms with E-state index in [4.69, 9.17) is 21.7 Å². The summed E-state index contributed by atoms with van der Waals surface area (Å²) in [6, 6.07) is 14.2. The van der Waals surface area contributed by atoms with Crippen molar-refractivity contribution in [2.45, 2.75) is 25.3 Å². The van der Waals surface area contributed by atoms with Crippen molar-refractivity contribution in [1.82, 2.24) is 5.32 Å². The first kappa shape index (κ1) is 16.6. The molecule has 1 aliphatic carbocycles. The highest BCUT2D eigenvalue weighted by Gasteiger charge is 2.21. The molecule has 2 aromatic carbocycles. The van der Waals surface area contributed by atoms with Crippen molar-refractivity contribution < 1.29 is 9.47 Å². The summed E-state index contributed by atoms with van der Waals surface area (Å²) < 4.78 is 10.5. The van der Waals surface area contributed by atoms with Crippen molar-refractivity contribution >= 4 is 23.0 Å². The average Bonchev–Trinajstić information content (AvgIpc) is 2.62. The Morgan fingerprint density at radius 1 is 1.04 bits per heavy atom. The summed E-state index contributed by atoms with van der Waals surface area (Å²) in [5.41, 5.74) is 3.59. The van der Waals surface area contributed by atoms with Gasteiger partial charge in [-0.15, -0.1) is 0 Å². The van der Waals surface area contributed by atoms with Gasteiger partial charge in [0.05, 0.1) is 20.3 Å². The second-order valence-electron chi connectivity index (χ2n) is 5.84. The molecule has 0 aromatic heterocycles. The van der Waals surface area contributed by atoms with Crippen LogP contribution in [0.4, 0.5) is 5.69 Å². The summed E-state index contributed by atoms with van der Waals surface area (Å²) in [4.78, 5) is 0. The molecule has 24 heavy (non-hydrogen) atoms. The zero-order valence-electron chi connectivity index (χ0n) is 14.0. The fourth-order valence-corrected chi connectivity index (χ4v) is 3.33. The highest BCUT2D eigenvalue weighted by Crippen LogP contribution is 2.32. The van der Waals surface area contributed by atoms with Crippen LogP contribution in [-0.4, -0.2) is 19.3 Å². The Kier molecular flexibility index (Phi) is 5.20. The Balaban J connectivity index is 1.66. The molecule has 0 saturated heterocycles. The van der Waals surface area contributed by atoms with Gasteiger partial charge in [0.15, 0.2) is 5.11 Å². The third-order valence-electron chi connectivity index (χ3n) is 4.32. The molecule has 0 saturated carbocycles. The molecule has 0 spiro atoms. The van der Waals surface area contributed by atoms with Gasteiger partial charge in [0.1, 0.15) is 11.5 Å². The number of nitrogens with one attached hydrogen (secondary N) is 2. The Morgan fingerprint density at radius 3 is 2.46 bits per heavy atom. The quantitative estimate of drug-likeness (QED) is 0.820. The molecule has 0 aliphatic heterocycles. The van der Waals surface area contributed by atoms with Crippen LogP contribution in [0.15, 0.2) is 42.5 Å². The number of thiocarbonyl (C=S) groups is 1. The standard InChI is InChI=1S/C19H22N2O2S/c1-22-15-8-6-14(7-9-15)20-19(24)21-18-5-3-4-13-12-16(23-2)10-11-17(13)18/h6-12,18H,3-5H2,1-2H3,(H2,20,21,24)/t18-/m0/s1. The summed E-state index contributed by atoms with van der Waals surface area (Å²) in [7, 11) is 3.36. The maximum atomic E-state index is 5.48. The van der Waals surface area contributed by atoms with Gasteiger partial charge in [-0.25, -0.2) is 0 Å². The van der Waals surface area contributed by atoms with Crippen LogP contribution in [0.2, 0.25) is 0 Å². The lowest BCUT2D eigenvalue weighted by Gasteiger charge is -2.28. The summed E-state index contributed by atoms with van der Waals surface area (Å²) in [6.45, 7) is 0. The lowest BCUT2D eigenvalue weighted by molar-refractivity contribution is 0.412. The molecule has 0 unspecified atom stereocenters. The largest absolute Gasteiger partial charge is 0.497 e. The number of hydrogen-bond acceptors (Lipinski definition) is 3. The Morgan fingerprint density at radius 2 is 1.75 bits per heavy atom. The van der Waals surface area contributed by atoms with Gasteiger partial charge in [-0.3, -0.25) is 0 Å². The Hall–Kier alpha value is -2.27. The second kappa shape index (κ2) is 7.53. The first-order valence-corrected chi connectivity index (χ1v) is 8.49. The Bertz CT molecular complexity index is 716. The molecule has 2 aromatic rings. The predicted molar refractivity (Wildman–Crippen MR) is 101 cm³/mol. The van der Waals surface area contributed by atoms with E-state index >= 15 is 0 Å². The van der Waals surface area contributed by atoms with Crippen LogP contribution in [0.5, 0.6) is 11.5 Å². The molecular weight excluding hydrogens is 320 g/mol. The van der Waals surface area contributed by atoms with E-state index in [0.717, 1.165) is 36.4 Å². The van der Waals surface area contributed by atoms with Crippen LogP contribution >= 0.6 is 12.2 Å². The van der Waals surface area contributed by atoms with Crippen molar-refractivity contribution in [3.8, 4) is 11.5 Å². The first-order chi connectivity index (χ1) is 11.7. The maximum absolute atomic E-state index is 5.48. The van der Waals surface area contributed by atoms with Gasteiger partial charge in [0, 0.05) is 5.69 Å². The minimum atomic E-state index is 0.234. The summed E-state index contributed by atoms with van der Waals surface area (Å²) in [5.74, 6) is 1.74. The zero-order valence-corrected chi connectivity index (χ0v) is 14.8. The van der Waals surface area contributed by atoms with Crippen LogP contribution in [-0.2, 0) is 6.42 Å². The number of methoxy groups -OCH3 is 2. The van der Waals surface area contributed by atoms with E-state index in [1.807, 2.05) is 30.3 Å². The molecule has 0 fully saturated rings. The number of aryl methyl sites for hydroxylation is 1. The van der Waals surface area contributed by atoms with Crippen molar-refractivity contribution in [3.05, 3.63) is 53.6 Å². The third kappa shape index (κ3) is 3.79. The first-order valence-electron chi connectivity index (χ1n) is 8.08. The molecule has 3 rings (SSSR count). The van der Waals surface area contributed by atoms with E-state index in [1.165, 1.54) is 11.1 Å². The molecule has 0 amide bonds. The van der Waals surface area contributed by atoms with Gasteiger partial charge in [-0.1, -0.05) is 6.07 Å². The highest BCUT2D eigenvalue weighted by atomic mass is 32.1. The monoisotopic (exact) mass is 342 g/mol. The van der Waals surface area contributed by atoms with Gasteiger partial charge >= 0.3 is 0 Å². The van der Waals surface area contributed by atoms with Crippen molar-refractivity contribution in [1.29, 1.82) is 0 Å². The van der Waals surface area contributed by atoms with E-state index < -0.39 is 0 Å². The topological polar surface area (TPSA) is 42.5 Å². The molecule has 0 heterocycles. The number of benzene rings is 2. The minimum Gasteiger partial charge on any atom is -0.497 e. The third-order valence-corrected chi connectivity index (χ3v) is 4.54. The Labute approximate surface area is 148 Å². The number of anilines is 1. The molecule has 5 heteroatoms. The van der Waals surface area contributed by atoms with Gasteiger partial charge in [-0.2, -0.15) is 0 Å². The van der Waals surface area contributed by atoms with E-state index in [2.05, 4.69) is 22.8 Å². The second-order valence-corrected chi connectivity index (χ2v) is 6.24. The van der Waals surface area contributed by atoms with Gasteiger partial charge in [0.25, 0.3) is 0 Å². The van der Waals surface area contributed by atoms with Crippen molar-refractivity contribution in [3.63, 3.8) is 0 Å². The molecule has 126 valence electrons. The van der Waals surface area contributed by atoms with Gasteiger partial charge in [-0.05, 0) is 79.0 Å². The van der Waals surface area contributed by atoms with Crippen LogP contribution in [0, 0.1) is 0 Å². The molecular formula is C19H22N2O2S. The minimum absolute atomic E-state index is 0.234. The molecule has 2 N–H and O–H groups in total. The average molecular weight is 342 g/mol. The van der Waals surface area contributed by atoms with Crippen molar-refractivity contribution in [2.24, 2.45) is 0 Å². The zero-order chi connectivity index (χ0) is 16.9. The van der Waals surface area contributed by atoms with Crippen LogP contribution < -0.4 is 20.1 Å². The summed E-state index contributed by atoms with van der Waals surface area (Å²) in [6.07, 6.45) is 3.30. The number of rotatable bonds is 4. The lowest BCUT2D eigenvalue weighted by atomic mass is 9.87. The lowest BCUT2D eigenvalue weighted by Crippen LogP contribution is -2.34. The van der Waals surface area contributed by atoms with Crippen LogP contribution in [0.1, 0.15) is 30.0 Å². The number of fused-ring (bicyclic) bond motifs is 1. The smallest absolute Gasteiger partial charge is 0.171 e. The summed E-state index contributed by atoms with van der Waals surface area (Å²) >= 11 is 5.48. The molecule has 1 aliphatic rings. The highest BCUT2D eigenvalue weighted by molar-refractivity contribution is 7.80. The van der Waals surface area contributed by atoms with E-state index in [0.29, 0.717) is 5.11 Å². The molecule has 0 radical (unpaired) electrons. The fraction of sp³-hybridized carbons (Fsp3) is 0.316. The number of hydrogen-bond donors (Lipinski definition) is 2. The van der Waals surface area contributed by atoms with Crippen LogP contribution in [0.3, 0.4) is 0 Å². The summed E-state index contributed by atoms with van der Waals surface area (Å²) in [5, 5.41) is 7.31. The molecule has 1 atom stereocenters. The number of ether oxygens (including phenoxy) is 2. The normalized spacial score (nSPS) is 16.0. The van der Waals surface area contributed by atoms with Gasteiger partial charge in [0.2, 0.25) is 0 Å².